The van der Waals surface area contributed by atoms with E-state index in [1.54, 1.807) is 41.5 Å². The van der Waals surface area contributed by atoms with Crippen LogP contribution in [0.4, 0.5) is 0 Å². The van der Waals surface area contributed by atoms with E-state index < -0.39 is 95.1 Å². The highest BCUT2D eigenvalue weighted by atomic mass is 31.2. The number of amides is 1. The molecule has 4 aromatic rings. The Hall–Kier alpha value is -5.91. The smallest absolute Gasteiger partial charge is 0.469 e. The number of carbonyl (C=O) groups excluding carboxylic acids is 4. The van der Waals surface area contributed by atoms with Crippen LogP contribution in [-0.4, -0.2) is 71.7 Å². The summed E-state index contributed by atoms with van der Waals surface area (Å²) in [6.45, 7) is 10.1. The highest BCUT2D eigenvalue weighted by Crippen LogP contribution is 2.58. The Morgan fingerprint density at radius 3 is 2.02 bits per heavy atom. The zero-order chi connectivity index (χ0) is 44.0. The van der Waals surface area contributed by atoms with E-state index in [0.717, 1.165) is 4.57 Å². The Morgan fingerprint density at radius 1 is 0.900 bits per heavy atom. The normalized spacial score (nSPS) is 19.2. The number of hydrogen-bond donors (Lipinski definition) is 6. The fraction of sp³-hybridized carbons (Fsp3) is 0.366. The minimum Gasteiger partial charge on any atom is -0.508 e. The molecule has 3 aliphatic rings. The van der Waals surface area contributed by atoms with Crippen molar-refractivity contribution >= 4 is 31.3 Å². The maximum Gasteiger partial charge on any atom is 0.469 e. The van der Waals surface area contributed by atoms with E-state index in [1.807, 2.05) is 0 Å². The molecule has 4 heterocycles. The number of rotatable bonds is 8. The third-order valence-corrected chi connectivity index (χ3v) is 11.0. The fourth-order valence-electron chi connectivity index (χ4n) is 7.67. The summed E-state index contributed by atoms with van der Waals surface area (Å²) < 4.78 is 36.0. The summed E-state index contributed by atoms with van der Waals surface area (Å²) in [5.41, 5.74) is -7.06. The minimum absolute atomic E-state index is 0.00748. The average molecular weight is 848 g/mol. The molecule has 3 aromatic carbocycles. The van der Waals surface area contributed by atoms with Gasteiger partial charge in [0.15, 0.2) is 17.2 Å². The van der Waals surface area contributed by atoms with Gasteiger partial charge in [-0.05, 0) is 37.3 Å². The summed E-state index contributed by atoms with van der Waals surface area (Å²) in [7, 11) is -5.10. The zero-order valence-electron chi connectivity index (χ0n) is 33.4. The number of hydrogen-bond acceptors (Lipinski definition) is 13. The van der Waals surface area contributed by atoms with Gasteiger partial charge in [0.05, 0.1) is 23.8 Å². The third kappa shape index (κ3) is 7.23. The summed E-state index contributed by atoms with van der Waals surface area (Å²) in [6.07, 6.45) is -1.52. The van der Waals surface area contributed by atoms with Crippen LogP contribution in [0.3, 0.4) is 0 Å². The minimum atomic E-state index is -5.10. The molecule has 1 fully saturated rings. The van der Waals surface area contributed by atoms with Gasteiger partial charge in [-0.3, -0.25) is 33.3 Å². The second-order valence-electron chi connectivity index (χ2n) is 17.0. The molecule has 1 aromatic heterocycles. The van der Waals surface area contributed by atoms with Crippen LogP contribution in [-0.2, 0) is 24.2 Å². The number of nitrogens with zero attached hydrogens (tertiary/aromatic N) is 1. The van der Waals surface area contributed by atoms with E-state index >= 15 is 4.79 Å². The Morgan fingerprint density at radius 2 is 1.47 bits per heavy atom. The molecule has 0 aliphatic carbocycles. The first kappa shape index (κ1) is 42.2. The zero-order valence-corrected chi connectivity index (χ0v) is 34.3. The number of nitrogens with one attached hydrogen (secondary N) is 2. The lowest BCUT2D eigenvalue weighted by molar-refractivity contribution is -0.0283. The third-order valence-electron chi connectivity index (χ3n) is 10.5. The van der Waals surface area contributed by atoms with E-state index in [4.69, 9.17) is 18.7 Å². The number of ether oxygens (including phenoxy) is 3. The summed E-state index contributed by atoms with van der Waals surface area (Å²) in [6, 6.07) is 8.09. The molecule has 1 saturated heterocycles. The molecule has 60 heavy (non-hydrogen) atoms. The maximum atomic E-state index is 15.0. The van der Waals surface area contributed by atoms with Crippen LogP contribution in [0.2, 0.25) is 0 Å². The van der Waals surface area contributed by atoms with Gasteiger partial charge in [-0.1, -0.05) is 41.5 Å². The van der Waals surface area contributed by atoms with Crippen LogP contribution in [0, 0.1) is 17.8 Å². The van der Waals surface area contributed by atoms with Gasteiger partial charge in [0.2, 0.25) is 0 Å². The first-order chi connectivity index (χ1) is 27.8. The lowest BCUT2D eigenvalue weighted by Gasteiger charge is -2.37. The molecule has 3 aliphatic heterocycles. The fourth-order valence-corrected chi connectivity index (χ4v) is 8.01. The SMILES string of the molecule is Cc1cn([C@H]2C[C@H](NC(=O)c3cc4c(c(C(=O)C(C)(C)C)c3C(=O)C(C)(C)C)C(=O)OC43c4ccc(O)cc4Oc4cc(O)ccc43)[C@@H](COP(=O)(O)O)O2)c(=O)[nH]c1=O. The summed E-state index contributed by atoms with van der Waals surface area (Å²) in [5, 5.41) is 23.7. The largest absolute Gasteiger partial charge is 0.508 e. The molecule has 7 rings (SSSR count). The van der Waals surface area contributed by atoms with Crippen LogP contribution in [0.1, 0.15) is 118 Å². The van der Waals surface area contributed by atoms with Crippen molar-refractivity contribution < 1.29 is 62.5 Å². The molecular weight excluding hydrogens is 805 g/mol. The second-order valence-corrected chi connectivity index (χ2v) is 18.2. The lowest BCUT2D eigenvalue weighted by Crippen LogP contribution is -2.43. The van der Waals surface area contributed by atoms with Crippen LogP contribution in [0.25, 0.3) is 0 Å². The van der Waals surface area contributed by atoms with Crippen LogP contribution < -0.4 is 21.3 Å². The number of Topliss-reactive ketones (excluding diaryl/α,β-unsaturated/α-hetero) is 2. The number of phosphoric acid groups is 1. The molecule has 1 amide bonds. The molecule has 3 atom stereocenters. The highest BCUT2D eigenvalue weighted by molar-refractivity contribution is 7.46. The van der Waals surface area contributed by atoms with Crippen molar-refractivity contribution in [2.45, 2.75) is 78.9 Å². The summed E-state index contributed by atoms with van der Waals surface area (Å²) >= 11 is 0. The van der Waals surface area contributed by atoms with Crippen molar-refractivity contribution in [3.05, 3.63) is 114 Å². The number of phenols is 2. The number of ketones is 2. The van der Waals surface area contributed by atoms with E-state index in [-0.39, 0.29) is 62.8 Å². The van der Waals surface area contributed by atoms with Gasteiger partial charge >= 0.3 is 19.5 Å². The number of benzene rings is 3. The standard InChI is InChI=1S/C41H42N3O15P/c1-18-16-44(38(52)43-35(18)49)29-15-25(28(58-29)17-56-60(53,54)55)42-36(50)21-14-24-31(32(34(48)40(5,6)7)30(21)33(47)39(2,3)4)37(51)59-41(24)22-10-8-19(45)12-26(22)57-27-13-20(46)9-11-23(27)41/h8-14,16,25,28-29,45-46H,15,17H2,1-7H3,(H,42,50)(H,43,49,52)(H2,53,54,55)/t25-,28+,29+/m0/s1. The molecule has 0 unspecified atom stereocenters. The first-order valence-electron chi connectivity index (χ1n) is 18.7. The van der Waals surface area contributed by atoms with E-state index in [1.165, 1.54) is 55.6 Å². The van der Waals surface area contributed by atoms with Crippen molar-refractivity contribution in [1.29, 1.82) is 0 Å². The van der Waals surface area contributed by atoms with Crippen molar-refractivity contribution in [1.82, 2.24) is 14.9 Å². The van der Waals surface area contributed by atoms with Gasteiger partial charge in [-0.25, -0.2) is 14.2 Å². The predicted octanol–water partition coefficient (Wildman–Crippen LogP) is 4.48. The van der Waals surface area contributed by atoms with Gasteiger partial charge < -0.3 is 39.5 Å². The maximum absolute atomic E-state index is 15.0. The molecule has 0 saturated carbocycles. The van der Waals surface area contributed by atoms with Gasteiger partial charge in [0, 0.05) is 69.0 Å². The van der Waals surface area contributed by atoms with Gasteiger partial charge in [-0.2, -0.15) is 0 Å². The van der Waals surface area contributed by atoms with Crippen LogP contribution >= 0.6 is 7.82 Å². The highest BCUT2D eigenvalue weighted by Gasteiger charge is 2.57. The van der Waals surface area contributed by atoms with Crippen LogP contribution in [0.15, 0.2) is 58.3 Å². The Bertz CT molecular complexity index is 2650. The van der Waals surface area contributed by atoms with Gasteiger partial charge in [-0.15, -0.1) is 0 Å². The molecule has 0 radical (unpaired) electrons. The van der Waals surface area contributed by atoms with Gasteiger partial charge in [0.1, 0.15) is 35.3 Å². The molecule has 19 heteroatoms. The summed E-state index contributed by atoms with van der Waals surface area (Å²) in [4.78, 5) is 105. The number of aromatic nitrogens is 2. The summed E-state index contributed by atoms with van der Waals surface area (Å²) in [5.74, 6) is -3.83. The molecular formula is C41H42N3O15P. The van der Waals surface area contributed by atoms with Crippen molar-refractivity contribution in [3.63, 3.8) is 0 Å². The number of phosphoric ester groups is 1. The first-order valence-corrected chi connectivity index (χ1v) is 20.2. The number of aryl methyl sites for hydroxylation is 1. The number of H-pyrrole nitrogens is 1. The van der Waals surface area contributed by atoms with E-state index in [9.17, 15) is 48.5 Å². The number of aromatic amines is 1. The quantitative estimate of drug-likeness (QED) is 0.0811. The number of carbonyl (C=O) groups is 4. The number of aromatic hydroxyl groups is 2. The topological polar surface area (TPSA) is 270 Å². The van der Waals surface area contributed by atoms with Gasteiger partial charge in [0.25, 0.3) is 11.5 Å². The Labute approximate surface area is 341 Å². The predicted molar refractivity (Wildman–Crippen MR) is 209 cm³/mol. The van der Waals surface area contributed by atoms with Crippen molar-refractivity contribution in [2.75, 3.05) is 6.61 Å². The molecule has 316 valence electrons. The number of fused-ring (bicyclic) bond motifs is 6. The Kier molecular flexibility index (Phi) is 10.1. The van der Waals surface area contributed by atoms with Crippen molar-refractivity contribution in [2.24, 2.45) is 10.8 Å². The number of esters is 1. The Balaban J connectivity index is 1.48. The van der Waals surface area contributed by atoms with E-state index in [0.29, 0.717) is 0 Å². The van der Waals surface area contributed by atoms with Crippen LogP contribution in [0.5, 0.6) is 23.0 Å². The molecule has 18 nitrogen and oxygen atoms in total. The molecule has 1 spiro atoms. The lowest BCUT2D eigenvalue weighted by atomic mass is 9.71. The average Bonchev–Trinajstić information content (AvgIpc) is 3.67. The molecule has 6 N–H and O–H groups in total. The van der Waals surface area contributed by atoms with E-state index in [2.05, 4.69) is 10.3 Å². The number of phenolic OH excluding ortho intramolecular Hbond substituents is 2. The second kappa shape index (κ2) is 14.4. The van der Waals surface area contributed by atoms with Crippen molar-refractivity contribution in [3.8, 4) is 23.0 Å². The monoisotopic (exact) mass is 847 g/mol. The molecule has 0 bridgehead atoms.